The summed E-state index contributed by atoms with van der Waals surface area (Å²) in [7, 11) is -3.45. The molecular formula is C5H4BrCl2N3O2S. The molecule has 9 heteroatoms. The van der Waals surface area contributed by atoms with Gasteiger partial charge in [-0.05, 0) is 11.6 Å². The SMILES string of the molecule is O=S(=O)(CBr)Nc1cc(Cl)nc(Cl)n1. The molecule has 1 aromatic heterocycles. The molecule has 1 heterocycles. The van der Waals surface area contributed by atoms with Gasteiger partial charge in [0, 0.05) is 6.07 Å². The van der Waals surface area contributed by atoms with E-state index in [1.54, 1.807) is 0 Å². The third-order valence-electron chi connectivity index (χ3n) is 1.07. The van der Waals surface area contributed by atoms with Crippen molar-refractivity contribution in [1.29, 1.82) is 0 Å². The van der Waals surface area contributed by atoms with Crippen LogP contribution in [-0.2, 0) is 10.0 Å². The summed E-state index contributed by atoms with van der Waals surface area (Å²) in [5, 5.41) is -0.0537. The van der Waals surface area contributed by atoms with E-state index in [0.717, 1.165) is 0 Å². The lowest BCUT2D eigenvalue weighted by molar-refractivity contribution is 0.606. The van der Waals surface area contributed by atoms with E-state index in [4.69, 9.17) is 23.2 Å². The van der Waals surface area contributed by atoms with Gasteiger partial charge < -0.3 is 0 Å². The molecule has 0 spiro atoms. The molecule has 0 aromatic carbocycles. The number of halogens is 3. The summed E-state index contributed by atoms with van der Waals surface area (Å²) in [6.07, 6.45) is 0. The number of nitrogens with zero attached hydrogens (tertiary/aromatic N) is 2. The van der Waals surface area contributed by atoms with Gasteiger partial charge in [-0.15, -0.1) is 0 Å². The lowest BCUT2D eigenvalue weighted by Gasteiger charge is -2.04. The molecule has 0 amide bonds. The first kappa shape index (κ1) is 12.0. The molecule has 0 radical (unpaired) electrons. The summed E-state index contributed by atoms with van der Waals surface area (Å²) >= 11 is 13.8. The largest absolute Gasteiger partial charge is 0.266 e. The van der Waals surface area contributed by atoms with E-state index < -0.39 is 10.0 Å². The average molecular weight is 321 g/mol. The number of hydrogen-bond donors (Lipinski definition) is 1. The van der Waals surface area contributed by atoms with Crippen LogP contribution in [0.1, 0.15) is 0 Å². The number of aromatic nitrogens is 2. The highest BCUT2D eigenvalue weighted by Gasteiger charge is 2.10. The summed E-state index contributed by atoms with van der Waals surface area (Å²) in [4.78, 5) is 7.19. The second-order valence-corrected chi connectivity index (χ2v) is 5.92. The third-order valence-corrected chi connectivity index (χ3v) is 4.05. The summed E-state index contributed by atoms with van der Waals surface area (Å²) in [6, 6.07) is 1.26. The van der Waals surface area contributed by atoms with Crippen LogP contribution in [0.2, 0.25) is 10.4 Å². The normalized spacial score (nSPS) is 11.4. The van der Waals surface area contributed by atoms with E-state index in [9.17, 15) is 8.42 Å². The number of rotatable bonds is 3. The van der Waals surface area contributed by atoms with Crippen molar-refractivity contribution < 1.29 is 8.42 Å². The van der Waals surface area contributed by atoms with Crippen LogP contribution < -0.4 is 4.72 Å². The Kier molecular flexibility index (Phi) is 3.94. The zero-order valence-electron chi connectivity index (χ0n) is 6.54. The number of hydrogen-bond acceptors (Lipinski definition) is 4. The molecule has 5 nitrogen and oxygen atoms in total. The van der Waals surface area contributed by atoms with Gasteiger partial charge in [0.05, 0.1) is 0 Å². The number of nitrogens with one attached hydrogen (secondary N) is 1. The average Bonchev–Trinajstić information content (AvgIpc) is 2.01. The fourth-order valence-electron chi connectivity index (χ4n) is 0.629. The van der Waals surface area contributed by atoms with E-state index >= 15 is 0 Å². The Balaban J connectivity index is 2.98. The summed E-state index contributed by atoms with van der Waals surface area (Å²) in [6.45, 7) is 0. The van der Waals surface area contributed by atoms with Crippen molar-refractivity contribution in [3.8, 4) is 0 Å². The van der Waals surface area contributed by atoms with Gasteiger partial charge in [0.15, 0.2) is 0 Å². The van der Waals surface area contributed by atoms with E-state index in [-0.39, 0.29) is 20.9 Å². The molecule has 0 aliphatic heterocycles. The molecule has 78 valence electrons. The van der Waals surface area contributed by atoms with Crippen molar-refractivity contribution in [3.05, 3.63) is 16.5 Å². The van der Waals surface area contributed by atoms with Crippen molar-refractivity contribution in [1.82, 2.24) is 9.97 Å². The molecule has 0 aliphatic rings. The van der Waals surface area contributed by atoms with Crippen LogP contribution in [0, 0.1) is 0 Å². The minimum absolute atomic E-state index is 0.0365. The van der Waals surface area contributed by atoms with Gasteiger partial charge in [0.1, 0.15) is 15.6 Å². The maximum absolute atomic E-state index is 11.1. The topological polar surface area (TPSA) is 72.0 Å². The Bertz CT molecular complexity index is 418. The first-order valence-electron chi connectivity index (χ1n) is 3.19. The van der Waals surface area contributed by atoms with Gasteiger partial charge in [0.25, 0.3) is 0 Å². The molecule has 0 bridgehead atoms. The fourth-order valence-corrected chi connectivity index (χ4v) is 1.86. The van der Waals surface area contributed by atoms with Crippen molar-refractivity contribution in [3.63, 3.8) is 0 Å². The van der Waals surface area contributed by atoms with E-state index in [1.165, 1.54) is 6.07 Å². The van der Waals surface area contributed by atoms with Gasteiger partial charge >= 0.3 is 0 Å². The molecular weight excluding hydrogens is 317 g/mol. The molecule has 0 atom stereocenters. The molecule has 0 fully saturated rings. The quantitative estimate of drug-likeness (QED) is 0.524. The molecule has 1 N–H and O–H groups in total. The minimum Gasteiger partial charge on any atom is -0.266 e. The van der Waals surface area contributed by atoms with Crippen LogP contribution in [-0.4, -0.2) is 23.0 Å². The maximum Gasteiger partial charge on any atom is 0.243 e. The highest BCUT2D eigenvalue weighted by molar-refractivity contribution is 9.10. The summed E-state index contributed by atoms with van der Waals surface area (Å²) in [5.41, 5.74) is 0. The number of sulfonamides is 1. The zero-order chi connectivity index (χ0) is 10.8. The molecule has 0 saturated heterocycles. The van der Waals surface area contributed by atoms with Gasteiger partial charge in [-0.3, -0.25) is 4.72 Å². The summed E-state index contributed by atoms with van der Waals surface area (Å²) < 4.78 is 24.1. The molecule has 14 heavy (non-hydrogen) atoms. The second kappa shape index (κ2) is 4.61. The molecule has 0 saturated carbocycles. The van der Waals surface area contributed by atoms with Crippen LogP contribution in [0.15, 0.2) is 6.07 Å². The van der Waals surface area contributed by atoms with Crippen molar-refractivity contribution in [2.45, 2.75) is 0 Å². The predicted octanol–water partition coefficient (Wildman–Crippen LogP) is 1.88. The standard InChI is InChI=1S/C5H4BrCl2N3O2S/c6-2-14(12,13)11-4-1-3(7)9-5(8)10-4/h1H,2H2,(H,9,10,11). The van der Waals surface area contributed by atoms with E-state index in [0.29, 0.717) is 0 Å². The van der Waals surface area contributed by atoms with Gasteiger partial charge in [-0.2, -0.15) is 4.98 Å². The van der Waals surface area contributed by atoms with Gasteiger partial charge in [0.2, 0.25) is 15.3 Å². The molecule has 1 aromatic rings. The first-order chi connectivity index (χ1) is 6.43. The molecule has 0 aliphatic carbocycles. The summed E-state index contributed by atoms with van der Waals surface area (Å²) in [5.74, 6) is 0.0365. The maximum atomic E-state index is 11.1. The highest BCUT2D eigenvalue weighted by atomic mass is 79.9. The van der Waals surface area contributed by atoms with Gasteiger partial charge in [-0.25, -0.2) is 13.4 Å². The molecule has 0 unspecified atom stereocenters. The molecule has 1 rings (SSSR count). The Morgan fingerprint density at radius 3 is 2.57 bits per heavy atom. The fraction of sp³-hybridized carbons (Fsp3) is 0.200. The Morgan fingerprint density at radius 2 is 2.07 bits per heavy atom. The van der Waals surface area contributed by atoms with Gasteiger partial charge in [-0.1, -0.05) is 27.5 Å². The predicted molar refractivity (Wildman–Crippen MR) is 58.4 cm³/mol. The van der Waals surface area contributed by atoms with Crippen LogP contribution in [0.25, 0.3) is 0 Å². The van der Waals surface area contributed by atoms with Crippen molar-refractivity contribution in [2.75, 3.05) is 9.38 Å². The Hall–Kier alpha value is -0.110. The van der Waals surface area contributed by atoms with E-state index in [2.05, 4.69) is 30.6 Å². The Morgan fingerprint density at radius 1 is 1.43 bits per heavy atom. The van der Waals surface area contributed by atoms with E-state index in [1.807, 2.05) is 0 Å². The minimum atomic E-state index is -3.45. The monoisotopic (exact) mass is 319 g/mol. The Labute approximate surface area is 99.0 Å². The third kappa shape index (κ3) is 3.56. The highest BCUT2D eigenvalue weighted by Crippen LogP contribution is 2.15. The zero-order valence-corrected chi connectivity index (χ0v) is 10.5. The first-order valence-corrected chi connectivity index (χ1v) is 6.72. The number of alkyl halides is 1. The van der Waals surface area contributed by atoms with Crippen molar-refractivity contribution >= 4 is 55.0 Å². The van der Waals surface area contributed by atoms with Crippen LogP contribution in [0.4, 0.5) is 5.82 Å². The lowest BCUT2D eigenvalue weighted by atomic mass is 10.6. The van der Waals surface area contributed by atoms with Crippen LogP contribution in [0.3, 0.4) is 0 Å². The van der Waals surface area contributed by atoms with Crippen LogP contribution in [0.5, 0.6) is 0 Å². The smallest absolute Gasteiger partial charge is 0.243 e. The second-order valence-electron chi connectivity index (χ2n) is 2.17. The number of anilines is 1. The van der Waals surface area contributed by atoms with Crippen LogP contribution >= 0.6 is 39.1 Å². The lowest BCUT2D eigenvalue weighted by Crippen LogP contribution is -2.14. The van der Waals surface area contributed by atoms with Crippen molar-refractivity contribution in [2.24, 2.45) is 0 Å².